The van der Waals surface area contributed by atoms with Crippen molar-refractivity contribution in [1.82, 2.24) is 0 Å². The topological polar surface area (TPSA) is 110 Å². The van der Waals surface area contributed by atoms with E-state index in [1.165, 1.54) is 42.5 Å². The summed E-state index contributed by atoms with van der Waals surface area (Å²) < 4.78 is 32.1. The molecule has 0 bridgehead atoms. The highest BCUT2D eigenvalue weighted by Gasteiger charge is 2.17. The lowest BCUT2D eigenvalue weighted by atomic mass is 10.1. The number of esters is 1. The lowest BCUT2D eigenvalue weighted by Gasteiger charge is -2.11. The van der Waals surface area contributed by atoms with Crippen LogP contribution in [0, 0.1) is 6.92 Å². The van der Waals surface area contributed by atoms with Gasteiger partial charge in [0.2, 0.25) is 0 Å². The number of carboxylic acid groups (broad SMARTS) is 1. The van der Waals surface area contributed by atoms with Gasteiger partial charge in [0, 0.05) is 0 Å². The Hall–Kier alpha value is -2.87. The molecule has 25 heavy (non-hydrogen) atoms. The predicted molar refractivity (Wildman–Crippen MR) is 91.3 cm³/mol. The summed E-state index contributed by atoms with van der Waals surface area (Å²) in [5.41, 5.74) is 0.969. The van der Waals surface area contributed by atoms with Gasteiger partial charge < -0.3 is 9.84 Å². The highest BCUT2D eigenvalue weighted by molar-refractivity contribution is 7.92. The largest absolute Gasteiger partial charge is 0.478 e. The Kier molecular flexibility index (Phi) is 5.43. The summed E-state index contributed by atoms with van der Waals surface area (Å²) in [6.45, 7) is 3.56. The number of aryl methyl sites for hydroxylation is 1. The summed E-state index contributed by atoms with van der Waals surface area (Å²) in [4.78, 5) is 22.6. The molecule has 2 aromatic rings. The van der Waals surface area contributed by atoms with E-state index >= 15 is 0 Å². The van der Waals surface area contributed by atoms with Crippen molar-refractivity contribution in [3.63, 3.8) is 0 Å². The van der Waals surface area contributed by atoms with Crippen molar-refractivity contribution in [1.29, 1.82) is 0 Å². The number of ether oxygens (including phenoxy) is 1. The van der Waals surface area contributed by atoms with Crippen LogP contribution in [-0.2, 0) is 14.8 Å². The molecule has 2 rings (SSSR count). The zero-order valence-electron chi connectivity index (χ0n) is 13.6. The number of carboxylic acids is 1. The molecule has 0 saturated heterocycles. The molecule has 0 unspecified atom stereocenters. The van der Waals surface area contributed by atoms with Crippen LogP contribution in [0.3, 0.4) is 0 Å². The van der Waals surface area contributed by atoms with Crippen molar-refractivity contribution >= 4 is 27.6 Å². The number of nitrogens with one attached hydrogen (secondary N) is 1. The average Bonchev–Trinajstić information content (AvgIpc) is 2.57. The number of hydrogen-bond acceptors (Lipinski definition) is 5. The van der Waals surface area contributed by atoms with Crippen LogP contribution in [0.25, 0.3) is 0 Å². The molecule has 0 aliphatic carbocycles. The maximum absolute atomic E-state index is 12.5. The molecule has 2 aromatic carbocycles. The molecule has 0 aromatic heterocycles. The fourth-order valence-corrected chi connectivity index (χ4v) is 3.17. The van der Waals surface area contributed by atoms with Crippen molar-refractivity contribution in [3.05, 3.63) is 59.2 Å². The van der Waals surface area contributed by atoms with Crippen molar-refractivity contribution in [3.8, 4) is 0 Å². The molecule has 0 aliphatic heterocycles. The number of rotatable bonds is 6. The van der Waals surface area contributed by atoms with Gasteiger partial charge in [-0.05, 0) is 55.8 Å². The monoisotopic (exact) mass is 363 g/mol. The van der Waals surface area contributed by atoms with Gasteiger partial charge in [0.05, 0.1) is 28.3 Å². The third-order valence-corrected chi connectivity index (χ3v) is 4.79. The molecule has 0 atom stereocenters. The SMILES string of the molecule is CCOC(=O)c1ccc(S(=O)(=O)Nc2cc(C(=O)O)ccc2C)cc1. The van der Waals surface area contributed by atoms with E-state index in [-0.39, 0.29) is 28.3 Å². The third-order valence-electron chi connectivity index (χ3n) is 3.40. The molecule has 0 fully saturated rings. The molecular formula is C17H17NO6S. The zero-order valence-corrected chi connectivity index (χ0v) is 14.5. The highest BCUT2D eigenvalue weighted by Crippen LogP contribution is 2.22. The first kappa shape index (κ1) is 18.5. The molecule has 8 heteroatoms. The second-order valence-electron chi connectivity index (χ2n) is 5.19. The van der Waals surface area contributed by atoms with E-state index in [0.29, 0.717) is 5.56 Å². The number of benzene rings is 2. The van der Waals surface area contributed by atoms with Gasteiger partial charge in [-0.25, -0.2) is 18.0 Å². The first-order valence-corrected chi connectivity index (χ1v) is 8.87. The molecule has 0 saturated carbocycles. The maximum Gasteiger partial charge on any atom is 0.338 e. The molecule has 7 nitrogen and oxygen atoms in total. The minimum Gasteiger partial charge on any atom is -0.478 e. The first-order valence-electron chi connectivity index (χ1n) is 7.38. The molecule has 0 aliphatic rings. The van der Waals surface area contributed by atoms with Gasteiger partial charge in [0.1, 0.15) is 0 Å². The van der Waals surface area contributed by atoms with E-state index in [4.69, 9.17) is 9.84 Å². The molecular weight excluding hydrogens is 346 g/mol. The van der Waals surface area contributed by atoms with E-state index in [1.807, 2.05) is 0 Å². The van der Waals surface area contributed by atoms with Crippen molar-refractivity contribution < 1.29 is 27.9 Å². The van der Waals surface area contributed by atoms with Crippen LogP contribution in [0.1, 0.15) is 33.2 Å². The van der Waals surface area contributed by atoms with Crippen LogP contribution >= 0.6 is 0 Å². The number of hydrogen-bond donors (Lipinski definition) is 2. The van der Waals surface area contributed by atoms with E-state index in [9.17, 15) is 18.0 Å². The third kappa shape index (κ3) is 4.36. The number of carbonyl (C=O) groups is 2. The van der Waals surface area contributed by atoms with Gasteiger partial charge >= 0.3 is 11.9 Å². The Morgan fingerprint density at radius 1 is 1.08 bits per heavy atom. The summed E-state index contributed by atoms with van der Waals surface area (Å²) in [7, 11) is -3.93. The Morgan fingerprint density at radius 3 is 2.24 bits per heavy atom. The van der Waals surface area contributed by atoms with E-state index in [0.717, 1.165) is 0 Å². The van der Waals surface area contributed by atoms with Gasteiger partial charge in [-0.3, -0.25) is 4.72 Å². The number of aromatic carboxylic acids is 1. The van der Waals surface area contributed by atoms with Gasteiger partial charge in [0.25, 0.3) is 10.0 Å². The molecule has 132 valence electrons. The quantitative estimate of drug-likeness (QED) is 0.764. The van der Waals surface area contributed by atoms with Crippen LogP contribution in [0.5, 0.6) is 0 Å². The van der Waals surface area contributed by atoms with Gasteiger partial charge in [-0.2, -0.15) is 0 Å². The fourth-order valence-electron chi connectivity index (χ4n) is 2.05. The van der Waals surface area contributed by atoms with Gasteiger partial charge in [-0.1, -0.05) is 6.07 Å². The standard InChI is InChI=1S/C17H17NO6S/c1-3-24-17(21)12-6-8-14(9-7-12)25(22,23)18-15-10-13(16(19)20)5-4-11(15)2/h4-10,18H,3H2,1-2H3,(H,19,20). The second kappa shape index (κ2) is 7.35. The van der Waals surface area contributed by atoms with Crippen LogP contribution in [-0.4, -0.2) is 32.1 Å². The molecule has 0 amide bonds. The lowest BCUT2D eigenvalue weighted by Crippen LogP contribution is -2.15. The smallest absolute Gasteiger partial charge is 0.338 e. The highest BCUT2D eigenvalue weighted by atomic mass is 32.2. The van der Waals surface area contributed by atoms with Crippen LogP contribution in [0.15, 0.2) is 47.4 Å². The fraction of sp³-hybridized carbons (Fsp3) is 0.176. The summed E-state index contributed by atoms with van der Waals surface area (Å²) in [6.07, 6.45) is 0. The van der Waals surface area contributed by atoms with Crippen molar-refractivity contribution in [2.24, 2.45) is 0 Å². The van der Waals surface area contributed by atoms with Gasteiger partial charge in [-0.15, -0.1) is 0 Å². The normalized spacial score (nSPS) is 11.0. The van der Waals surface area contributed by atoms with Crippen molar-refractivity contribution in [2.45, 2.75) is 18.7 Å². The number of carbonyl (C=O) groups excluding carboxylic acids is 1. The van der Waals surface area contributed by atoms with Crippen LogP contribution < -0.4 is 4.72 Å². The second-order valence-corrected chi connectivity index (χ2v) is 6.87. The van der Waals surface area contributed by atoms with Gasteiger partial charge in [0.15, 0.2) is 0 Å². The Balaban J connectivity index is 2.29. The zero-order chi connectivity index (χ0) is 18.6. The Bertz CT molecular complexity index is 903. The summed E-state index contributed by atoms with van der Waals surface area (Å²) in [6, 6.07) is 9.44. The van der Waals surface area contributed by atoms with E-state index < -0.39 is 22.0 Å². The summed E-state index contributed by atoms with van der Waals surface area (Å²) in [5.74, 6) is -1.69. The number of sulfonamides is 1. The molecule has 2 N–H and O–H groups in total. The molecule has 0 radical (unpaired) electrons. The summed E-state index contributed by atoms with van der Waals surface area (Å²) >= 11 is 0. The Labute approximate surface area is 145 Å². The average molecular weight is 363 g/mol. The maximum atomic E-state index is 12.5. The van der Waals surface area contributed by atoms with Crippen LogP contribution in [0.4, 0.5) is 5.69 Å². The van der Waals surface area contributed by atoms with E-state index in [2.05, 4.69) is 4.72 Å². The predicted octanol–water partition coefficient (Wildman–Crippen LogP) is 2.67. The Morgan fingerprint density at radius 2 is 1.68 bits per heavy atom. The van der Waals surface area contributed by atoms with E-state index in [1.54, 1.807) is 13.8 Å². The minimum absolute atomic E-state index is 0.0269. The minimum atomic E-state index is -3.93. The number of anilines is 1. The summed E-state index contributed by atoms with van der Waals surface area (Å²) in [5, 5.41) is 9.02. The van der Waals surface area contributed by atoms with Crippen molar-refractivity contribution in [2.75, 3.05) is 11.3 Å². The first-order chi connectivity index (χ1) is 11.7. The lowest BCUT2D eigenvalue weighted by molar-refractivity contribution is 0.0525. The molecule has 0 heterocycles. The van der Waals surface area contributed by atoms with Crippen LogP contribution in [0.2, 0.25) is 0 Å². The molecule has 0 spiro atoms.